The van der Waals surface area contributed by atoms with E-state index in [4.69, 9.17) is 5.73 Å². The van der Waals surface area contributed by atoms with Crippen LogP contribution in [0.25, 0.3) is 0 Å². The molecular weight excluding hydrogens is 239 g/mol. The van der Waals surface area contributed by atoms with Crippen LogP contribution in [0.5, 0.6) is 0 Å². The van der Waals surface area contributed by atoms with E-state index in [1.54, 1.807) is 6.07 Å². The molecule has 19 heavy (non-hydrogen) atoms. The van der Waals surface area contributed by atoms with Gasteiger partial charge in [-0.2, -0.15) is 0 Å². The molecule has 1 aliphatic rings. The molecule has 1 aromatic carbocycles. The lowest BCUT2D eigenvalue weighted by atomic mass is 9.85. The molecule has 1 atom stereocenters. The quantitative estimate of drug-likeness (QED) is 0.878. The van der Waals surface area contributed by atoms with E-state index in [1.807, 2.05) is 19.1 Å². The Morgan fingerprint density at radius 2 is 2.00 bits per heavy atom. The van der Waals surface area contributed by atoms with Crippen LogP contribution in [0.3, 0.4) is 0 Å². The van der Waals surface area contributed by atoms with Gasteiger partial charge in [-0.1, -0.05) is 19.9 Å². The summed E-state index contributed by atoms with van der Waals surface area (Å²) >= 11 is 0. The first-order chi connectivity index (χ1) is 8.89. The maximum absolute atomic E-state index is 14.2. The van der Waals surface area contributed by atoms with E-state index in [9.17, 15) is 4.39 Å². The molecule has 106 valence electrons. The maximum atomic E-state index is 14.2. The average molecular weight is 264 g/mol. The van der Waals surface area contributed by atoms with Gasteiger partial charge in [-0.3, -0.25) is 0 Å². The topological polar surface area (TPSA) is 29.3 Å². The standard InChI is InChI=1S/C16H25FN2/c1-12(18)13-5-6-15(14(17)11-13)19-9-4-7-16(2,3)8-10-19/h5-6,11-12H,4,7-10,18H2,1-3H3/t12-/m1/s1. The van der Waals surface area contributed by atoms with Crippen molar-refractivity contribution in [2.75, 3.05) is 18.0 Å². The third kappa shape index (κ3) is 3.47. The van der Waals surface area contributed by atoms with Crippen molar-refractivity contribution >= 4 is 5.69 Å². The van der Waals surface area contributed by atoms with Gasteiger partial charge < -0.3 is 10.6 Å². The third-order valence-electron chi connectivity index (χ3n) is 4.18. The zero-order chi connectivity index (χ0) is 14.0. The predicted molar refractivity (Wildman–Crippen MR) is 78.8 cm³/mol. The first-order valence-electron chi connectivity index (χ1n) is 7.19. The fourth-order valence-electron chi connectivity index (χ4n) is 2.73. The van der Waals surface area contributed by atoms with E-state index in [0.29, 0.717) is 5.41 Å². The zero-order valence-corrected chi connectivity index (χ0v) is 12.2. The minimum Gasteiger partial charge on any atom is -0.369 e. The maximum Gasteiger partial charge on any atom is 0.146 e. The minimum absolute atomic E-state index is 0.119. The number of hydrogen-bond donors (Lipinski definition) is 1. The summed E-state index contributed by atoms with van der Waals surface area (Å²) in [6.07, 6.45) is 3.45. The van der Waals surface area contributed by atoms with Gasteiger partial charge in [0.05, 0.1) is 5.69 Å². The lowest BCUT2D eigenvalue weighted by molar-refractivity contribution is 0.325. The van der Waals surface area contributed by atoms with Crippen LogP contribution in [0.4, 0.5) is 10.1 Å². The first-order valence-corrected chi connectivity index (χ1v) is 7.19. The Bertz CT molecular complexity index is 440. The second-order valence-electron chi connectivity index (χ2n) is 6.50. The van der Waals surface area contributed by atoms with Gasteiger partial charge >= 0.3 is 0 Å². The third-order valence-corrected chi connectivity index (χ3v) is 4.18. The summed E-state index contributed by atoms with van der Waals surface area (Å²) in [5.41, 5.74) is 7.75. The summed E-state index contributed by atoms with van der Waals surface area (Å²) in [7, 11) is 0. The van der Waals surface area contributed by atoms with Crippen LogP contribution < -0.4 is 10.6 Å². The van der Waals surface area contributed by atoms with E-state index >= 15 is 0 Å². The van der Waals surface area contributed by atoms with Crippen LogP contribution in [0.2, 0.25) is 0 Å². The molecule has 1 fully saturated rings. The zero-order valence-electron chi connectivity index (χ0n) is 12.2. The molecule has 1 aliphatic heterocycles. The Hall–Kier alpha value is -1.09. The van der Waals surface area contributed by atoms with Gasteiger partial charge in [-0.25, -0.2) is 4.39 Å². The van der Waals surface area contributed by atoms with Gasteiger partial charge in [0.1, 0.15) is 5.82 Å². The molecule has 0 saturated carbocycles. The molecule has 2 N–H and O–H groups in total. The Balaban J connectivity index is 2.18. The number of hydrogen-bond acceptors (Lipinski definition) is 2. The largest absolute Gasteiger partial charge is 0.369 e. The molecule has 2 rings (SSSR count). The second-order valence-corrected chi connectivity index (χ2v) is 6.50. The molecule has 1 saturated heterocycles. The smallest absolute Gasteiger partial charge is 0.146 e. The van der Waals surface area contributed by atoms with Crippen molar-refractivity contribution in [2.24, 2.45) is 11.1 Å². The molecule has 1 aromatic rings. The van der Waals surface area contributed by atoms with Crippen LogP contribution in [0.1, 0.15) is 51.6 Å². The van der Waals surface area contributed by atoms with Gasteiger partial charge in [0.25, 0.3) is 0 Å². The fourth-order valence-corrected chi connectivity index (χ4v) is 2.73. The number of halogens is 1. The van der Waals surface area contributed by atoms with Crippen LogP contribution >= 0.6 is 0 Å². The number of nitrogens with zero attached hydrogens (tertiary/aromatic N) is 1. The summed E-state index contributed by atoms with van der Waals surface area (Å²) in [5.74, 6) is -0.144. The lowest BCUT2D eigenvalue weighted by Gasteiger charge is -2.25. The molecule has 0 aliphatic carbocycles. The van der Waals surface area contributed by atoms with Crippen molar-refractivity contribution in [3.63, 3.8) is 0 Å². The van der Waals surface area contributed by atoms with Gasteiger partial charge in [-0.05, 0) is 49.3 Å². The summed E-state index contributed by atoms with van der Waals surface area (Å²) in [5, 5.41) is 0. The summed E-state index contributed by atoms with van der Waals surface area (Å²) in [6.45, 7) is 8.35. The molecule has 0 radical (unpaired) electrons. The first kappa shape index (κ1) is 14.3. The SMILES string of the molecule is C[C@@H](N)c1ccc(N2CCCC(C)(C)CC2)c(F)c1. The van der Waals surface area contributed by atoms with E-state index in [0.717, 1.165) is 37.2 Å². The highest BCUT2D eigenvalue weighted by atomic mass is 19.1. The van der Waals surface area contributed by atoms with Crippen molar-refractivity contribution in [3.8, 4) is 0 Å². The van der Waals surface area contributed by atoms with E-state index in [-0.39, 0.29) is 11.9 Å². The second kappa shape index (κ2) is 5.49. The van der Waals surface area contributed by atoms with Crippen LogP contribution in [0, 0.1) is 11.2 Å². The molecule has 0 aromatic heterocycles. The monoisotopic (exact) mass is 264 g/mol. The van der Waals surface area contributed by atoms with Gasteiger partial charge in [0.15, 0.2) is 0 Å². The van der Waals surface area contributed by atoms with Crippen molar-refractivity contribution in [1.82, 2.24) is 0 Å². The number of benzene rings is 1. The molecule has 1 heterocycles. The van der Waals surface area contributed by atoms with Crippen molar-refractivity contribution < 1.29 is 4.39 Å². The number of rotatable bonds is 2. The van der Waals surface area contributed by atoms with Gasteiger partial charge in [-0.15, -0.1) is 0 Å². The highest BCUT2D eigenvalue weighted by Gasteiger charge is 2.24. The summed E-state index contributed by atoms with van der Waals surface area (Å²) < 4.78 is 14.2. The molecular formula is C16H25FN2. The van der Waals surface area contributed by atoms with Crippen LogP contribution in [-0.4, -0.2) is 13.1 Å². The van der Waals surface area contributed by atoms with Crippen molar-refractivity contribution in [2.45, 2.75) is 46.1 Å². The Morgan fingerprint density at radius 1 is 1.26 bits per heavy atom. The molecule has 0 unspecified atom stereocenters. The minimum atomic E-state index is -0.144. The molecule has 0 amide bonds. The lowest BCUT2D eigenvalue weighted by Crippen LogP contribution is -2.26. The summed E-state index contributed by atoms with van der Waals surface area (Å²) in [6, 6.07) is 5.29. The van der Waals surface area contributed by atoms with Crippen molar-refractivity contribution in [3.05, 3.63) is 29.6 Å². The normalized spacial score (nSPS) is 21.0. The molecule has 2 nitrogen and oxygen atoms in total. The Kier molecular flexibility index (Phi) is 4.14. The Morgan fingerprint density at radius 3 is 2.63 bits per heavy atom. The average Bonchev–Trinajstić information content (AvgIpc) is 2.50. The predicted octanol–water partition coefficient (Wildman–Crippen LogP) is 3.86. The van der Waals surface area contributed by atoms with Gasteiger partial charge in [0.2, 0.25) is 0 Å². The number of nitrogens with two attached hydrogens (primary N) is 1. The van der Waals surface area contributed by atoms with Crippen LogP contribution in [0.15, 0.2) is 18.2 Å². The van der Waals surface area contributed by atoms with E-state index in [2.05, 4.69) is 18.7 Å². The Labute approximate surface area is 115 Å². The highest BCUT2D eigenvalue weighted by molar-refractivity contribution is 5.49. The fraction of sp³-hybridized carbons (Fsp3) is 0.625. The highest BCUT2D eigenvalue weighted by Crippen LogP contribution is 2.32. The van der Waals surface area contributed by atoms with Crippen LogP contribution in [-0.2, 0) is 0 Å². The molecule has 0 bridgehead atoms. The van der Waals surface area contributed by atoms with E-state index in [1.165, 1.54) is 6.42 Å². The number of anilines is 1. The molecule has 0 spiro atoms. The summed E-state index contributed by atoms with van der Waals surface area (Å²) in [4.78, 5) is 2.18. The molecule has 3 heteroatoms. The van der Waals surface area contributed by atoms with E-state index < -0.39 is 0 Å². The van der Waals surface area contributed by atoms with Gasteiger partial charge in [0, 0.05) is 19.1 Å². The van der Waals surface area contributed by atoms with Crippen molar-refractivity contribution in [1.29, 1.82) is 0 Å².